The molecule has 100 valence electrons. The van der Waals surface area contributed by atoms with E-state index in [0.717, 1.165) is 25.9 Å². The quantitative estimate of drug-likeness (QED) is 0.694. The van der Waals surface area contributed by atoms with Crippen molar-refractivity contribution < 1.29 is 14.3 Å². The molecule has 0 aromatic heterocycles. The minimum absolute atomic E-state index is 0.0666. The van der Waals surface area contributed by atoms with Gasteiger partial charge in [0, 0.05) is 25.6 Å². The average Bonchev–Trinajstić information content (AvgIpc) is 2.80. The van der Waals surface area contributed by atoms with Crippen LogP contribution in [0.25, 0.3) is 0 Å². The number of carbonyl (C=O) groups excluding carboxylic acids is 2. The lowest BCUT2D eigenvalue weighted by molar-refractivity contribution is -0.138. The molecular formula is C12H19N3O3. The second-order valence-corrected chi connectivity index (χ2v) is 5.23. The smallest absolute Gasteiger partial charge is 0.410 e. The zero-order valence-electron chi connectivity index (χ0n) is 10.4. The number of hydrogen-bond acceptors (Lipinski definition) is 4. The zero-order valence-corrected chi connectivity index (χ0v) is 10.4. The maximum absolute atomic E-state index is 12.4. The Morgan fingerprint density at radius 3 is 2.83 bits per heavy atom. The number of piperazine rings is 1. The van der Waals surface area contributed by atoms with E-state index >= 15 is 0 Å². The lowest BCUT2D eigenvalue weighted by atomic mass is 9.96. The molecule has 3 aliphatic rings. The molecule has 0 aromatic rings. The van der Waals surface area contributed by atoms with Gasteiger partial charge in [0.05, 0.1) is 6.04 Å². The molecule has 1 atom stereocenters. The summed E-state index contributed by atoms with van der Waals surface area (Å²) in [6, 6.07) is 0.0666. The van der Waals surface area contributed by atoms with Gasteiger partial charge in [0.15, 0.2) is 0 Å². The Bertz CT molecular complexity index is 354. The summed E-state index contributed by atoms with van der Waals surface area (Å²) < 4.78 is 5.01. The van der Waals surface area contributed by atoms with Crippen molar-refractivity contribution in [2.75, 3.05) is 39.3 Å². The molecule has 0 bridgehead atoms. The largest absolute Gasteiger partial charge is 0.447 e. The number of piperidine rings is 1. The van der Waals surface area contributed by atoms with E-state index in [2.05, 4.69) is 5.32 Å². The first-order chi connectivity index (χ1) is 8.75. The normalized spacial score (nSPS) is 29.1. The number of amides is 2. The molecule has 0 radical (unpaired) electrons. The Morgan fingerprint density at radius 2 is 2.06 bits per heavy atom. The highest BCUT2D eigenvalue weighted by molar-refractivity contribution is 5.79. The van der Waals surface area contributed by atoms with Gasteiger partial charge >= 0.3 is 6.09 Å². The molecule has 0 aliphatic carbocycles. The van der Waals surface area contributed by atoms with Gasteiger partial charge in [0.1, 0.15) is 6.61 Å². The molecule has 3 fully saturated rings. The predicted octanol–water partition coefficient (Wildman–Crippen LogP) is -0.351. The number of nitrogens with one attached hydrogen (secondary N) is 1. The van der Waals surface area contributed by atoms with Gasteiger partial charge in [0.25, 0.3) is 0 Å². The topological polar surface area (TPSA) is 61.9 Å². The van der Waals surface area contributed by atoms with E-state index in [9.17, 15) is 9.59 Å². The maximum Gasteiger partial charge on any atom is 0.410 e. The molecule has 18 heavy (non-hydrogen) atoms. The Kier molecular flexibility index (Phi) is 3.11. The summed E-state index contributed by atoms with van der Waals surface area (Å²) in [5.41, 5.74) is 0. The van der Waals surface area contributed by atoms with Crippen LogP contribution in [0.1, 0.15) is 12.8 Å². The summed E-state index contributed by atoms with van der Waals surface area (Å²) in [5.74, 6) is 0.423. The van der Waals surface area contributed by atoms with E-state index in [-0.39, 0.29) is 24.0 Å². The average molecular weight is 253 g/mol. The zero-order chi connectivity index (χ0) is 12.5. The Morgan fingerprint density at radius 1 is 1.28 bits per heavy atom. The number of cyclic esters (lactones) is 1. The fourth-order valence-corrected chi connectivity index (χ4v) is 3.02. The van der Waals surface area contributed by atoms with Crippen molar-refractivity contribution in [1.29, 1.82) is 0 Å². The van der Waals surface area contributed by atoms with Crippen molar-refractivity contribution in [2.24, 2.45) is 5.92 Å². The van der Waals surface area contributed by atoms with E-state index in [1.165, 1.54) is 0 Å². The van der Waals surface area contributed by atoms with Gasteiger partial charge in [-0.05, 0) is 25.9 Å². The first-order valence-corrected chi connectivity index (χ1v) is 6.68. The lowest BCUT2D eigenvalue weighted by Gasteiger charge is -2.37. The monoisotopic (exact) mass is 253 g/mol. The minimum Gasteiger partial charge on any atom is -0.447 e. The molecule has 2 amide bonds. The van der Waals surface area contributed by atoms with Gasteiger partial charge < -0.3 is 15.0 Å². The fourth-order valence-electron chi connectivity index (χ4n) is 3.02. The Labute approximate surface area is 106 Å². The molecule has 0 spiro atoms. The number of ether oxygens (including phenoxy) is 1. The SMILES string of the molecule is O=C(C1CCNCC1)N1CCN2C(=O)OC[C@@H]2C1. The molecule has 3 saturated heterocycles. The summed E-state index contributed by atoms with van der Waals surface area (Å²) >= 11 is 0. The highest BCUT2D eigenvalue weighted by atomic mass is 16.6. The van der Waals surface area contributed by atoms with E-state index in [1.54, 1.807) is 4.90 Å². The summed E-state index contributed by atoms with van der Waals surface area (Å²) in [5, 5.41) is 3.27. The molecule has 1 N–H and O–H groups in total. The third kappa shape index (κ3) is 2.05. The maximum atomic E-state index is 12.4. The lowest BCUT2D eigenvalue weighted by Crippen LogP contribution is -2.55. The molecule has 0 aromatic carbocycles. The number of rotatable bonds is 1. The molecule has 3 heterocycles. The molecule has 6 nitrogen and oxygen atoms in total. The second-order valence-electron chi connectivity index (χ2n) is 5.23. The second kappa shape index (κ2) is 4.76. The molecule has 3 rings (SSSR count). The van der Waals surface area contributed by atoms with E-state index in [4.69, 9.17) is 4.74 Å². The van der Waals surface area contributed by atoms with Gasteiger partial charge in [0.2, 0.25) is 5.91 Å². The number of carbonyl (C=O) groups is 2. The third-order valence-corrected chi connectivity index (χ3v) is 4.12. The van der Waals surface area contributed by atoms with Gasteiger partial charge in [-0.25, -0.2) is 4.79 Å². The standard InChI is InChI=1S/C12H19N3O3/c16-11(9-1-3-13-4-2-9)14-5-6-15-10(7-14)8-18-12(15)17/h9-10,13H,1-8H2/t10-/m0/s1. The van der Waals surface area contributed by atoms with E-state index in [1.807, 2.05) is 4.90 Å². The van der Waals surface area contributed by atoms with Crippen LogP contribution in [0.2, 0.25) is 0 Å². The van der Waals surface area contributed by atoms with E-state index in [0.29, 0.717) is 26.2 Å². The van der Waals surface area contributed by atoms with Crippen LogP contribution in [0.15, 0.2) is 0 Å². The van der Waals surface area contributed by atoms with Crippen LogP contribution >= 0.6 is 0 Å². The van der Waals surface area contributed by atoms with Crippen LogP contribution in [-0.2, 0) is 9.53 Å². The van der Waals surface area contributed by atoms with Gasteiger partial charge in [-0.15, -0.1) is 0 Å². The molecule has 0 saturated carbocycles. The van der Waals surface area contributed by atoms with Crippen molar-refractivity contribution in [3.8, 4) is 0 Å². The predicted molar refractivity (Wildman–Crippen MR) is 64.0 cm³/mol. The fraction of sp³-hybridized carbons (Fsp3) is 0.833. The Balaban J connectivity index is 1.60. The van der Waals surface area contributed by atoms with Crippen molar-refractivity contribution in [1.82, 2.24) is 15.1 Å². The number of fused-ring (bicyclic) bond motifs is 1. The molecular weight excluding hydrogens is 234 g/mol. The molecule has 0 unspecified atom stereocenters. The minimum atomic E-state index is -0.228. The third-order valence-electron chi connectivity index (χ3n) is 4.12. The number of nitrogens with zero attached hydrogens (tertiary/aromatic N) is 2. The first kappa shape index (κ1) is 11.8. The van der Waals surface area contributed by atoms with Gasteiger partial charge in [-0.2, -0.15) is 0 Å². The summed E-state index contributed by atoms with van der Waals surface area (Å²) in [4.78, 5) is 27.4. The molecule has 6 heteroatoms. The van der Waals surface area contributed by atoms with Crippen LogP contribution in [0.3, 0.4) is 0 Å². The van der Waals surface area contributed by atoms with Crippen molar-refractivity contribution in [3.63, 3.8) is 0 Å². The number of hydrogen-bond donors (Lipinski definition) is 1. The summed E-state index contributed by atoms with van der Waals surface area (Å²) in [7, 11) is 0. The highest BCUT2D eigenvalue weighted by Gasteiger charge is 2.39. The van der Waals surface area contributed by atoms with Crippen LogP contribution in [0, 0.1) is 5.92 Å². The van der Waals surface area contributed by atoms with Crippen LogP contribution in [0.5, 0.6) is 0 Å². The Hall–Kier alpha value is -1.30. The van der Waals surface area contributed by atoms with Crippen LogP contribution < -0.4 is 5.32 Å². The van der Waals surface area contributed by atoms with Gasteiger partial charge in [-0.1, -0.05) is 0 Å². The van der Waals surface area contributed by atoms with Gasteiger partial charge in [-0.3, -0.25) is 9.69 Å². The highest BCUT2D eigenvalue weighted by Crippen LogP contribution is 2.21. The van der Waals surface area contributed by atoms with Crippen LogP contribution in [0.4, 0.5) is 4.79 Å². The van der Waals surface area contributed by atoms with Crippen molar-refractivity contribution in [3.05, 3.63) is 0 Å². The van der Waals surface area contributed by atoms with Crippen molar-refractivity contribution >= 4 is 12.0 Å². The first-order valence-electron chi connectivity index (χ1n) is 6.68. The van der Waals surface area contributed by atoms with Crippen LogP contribution in [-0.4, -0.2) is 67.2 Å². The summed E-state index contributed by atoms with van der Waals surface area (Å²) in [6.07, 6.45) is 1.63. The van der Waals surface area contributed by atoms with Crippen molar-refractivity contribution in [2.45, 2.75) is 18.9 Å². The van der Waals surface area contributed by atoms with E-state index < -0.39 is 0 Å². The molecule has 3 aliphatic heterocycles. The summed E-state index contributed by atoms with van der Waals surface area (Å²) in [6.45, 7) is 4.18.